The molecule has 0 radical (unpaired) electrons. The van der Waals surface area contributed by atoms with Crippen molar-refractivity contribution in [3.8, 4) is 0 Å². The molecule has 45 heavy (non-hydrogen) atoms. The largest absolute Gasteiger partial charge is 0.398 e. The third kappa shape index (κ3) is 15.2. The fourth-order valence-electron chi connectivity index (χ4n) is 5.99. The molecule has 10 heteroatoms. The number of benzene rings is 2. The molecule has 4 rings (SSSR count). The zero-order valence-electron chi connectivity index (χ0n) is 27.1. The molecule has 5 N–H and O–H groups in total. The first-order valence-corrected chi connectivity index (χ1v) is 18.7. The molecule has 6 nitrogen and oxygen atoms in total. The molecule has 2 saturated carbocycles. The maximum atomic E-state index is 11.0. The third-order valence-corrected chi connectivity index (χ3v) is 10.5. The number of aliphatic hydroxyl groups is 1. The van der Waals surface area contributed by atoms with Gasteiger partial charge in [-0.2, -0.15) is 24.4 Å². The van der Waals surface area contributed by atoms with Crippen LogP contribution in [0.1, 0.15) is 106 Å². The summed E-state index contributed by atoms with van der Waals surface area (Å²) in [7, 11) is 0. The molecule has 0 bridgehead atoms. The Hall–Kier alpha value is -1.58. The molecule has 2 aliphatic carbocycles. The number of carbonyl (C=O) groups is 2. The number of hydrogen-bond donors (Lipinski definition) is 5. The number of halogens is 2. The van der Waals surface area contributed by atoms with Crippen LogP contribution < -0.4 is 16.4 Å². The Morgan fingerprint density at radius 3 is 1.91 bits per heavy atom. The van der Waals surface area contributed by atoms with E-state index in [0.717, 1.165) is 51.0 Å². The first-order chi connectivity index (χ1) is 21.5. The van der Waals surface area contributed by atoms with E-state index in [-0.39, 0.29) is 17.9 Å². The minimum absolute atomic E-state index is 0.00838. The lowest BCUT2D eigenvalue weighted by Gasteiger charge is -2.31. The lowest BCUT2D eigenvalue weighted by molar-refractivity contribution is -0.119. The van der Waals surface area contributed by atoms with Gasteiger partial charge in [0.25, 0.3) is 0 Å². The number of aliphatic hydroxyl groups excluding tert-OH is 1. The summed E-state index contributed by atoms with van der Waals surface area (Å²) in [6, 6.07) is 11.6. The Balaban J connectivity index is 0.000000267. The highest BCUT2D eigenvalue weighted by molar-refractivity contribution is 7.99. The predicted octanol–water partition coefficient (Wildman–Crippen LogP) is 8.73. The van der Waals surface area contributed by atoms with E-state index < -0.39 is 0 Å². The number of carbonyl (C=O) groups excluding carboxylic acids is 2. The van der Waals surface area contributed by atoms with E-state index in [1.165, 1.54) is 58.3 Å². The van der Waals surface area contributed by atoms with Gasteiger partial charge in [-0.1, -0.05) is 67.8 Å². The summed E-state index contributed by atoms with van der Waals surface area (Å²) in [5, 5.41) is 17.7. The quantitative estimate of drug-likeness (QED) is 0.0971. The van der Waals surface area contributed by atoms with E-state index in [1.54, 1.807) is 6.92 Å². The Morgan fingerprint density at radius 1 is 0.867 bits per heavy atom. The Kier molecular flexibility index (Phi) is 19.4. The van der Waals surface area contributed by atoms with Crippen molar-refractivity contribution in [3.63, 3.8) is 0 Å². The zero-order chi connectivity index (χ0) is 33.2. The molecule has 2 aliphatic rings. The molecular formula is C35H53Cl2N3O3S2. The smallest absolute Gasteiger partial charge is 0.216 e. The fraction of sp³-hybridized carbons (Fsp3) is 0.600. The SMILES string of the molecule is CC(=O)NCCS.CC(=O)NCCSC(c1cc(Cl)ccc1N)C1CCCCC1.Cc1ccc(Cl)cc1C(O)C1CCCCC1. The van der Waals surface area contributed by atoms with Gasteiger partial charge in [-0.3, -0.25) is 9.59 Å². The van der Waals surface area contributed by atoms with Gasteiger partial charge in [0.05, 0.1) is 6.10 Å². The van der Waals surface area contributed by atoms with Crippen molar-refractivity contribution >= 4 is 65.1 Å². The van der Waals surface area contributed by atoms with Crippen molar-refractivity contribution in [3.05, 3.63) is 63.1 Å². The average molecular weight is 699 g/mol. The Bertz CT molecular complexity index is 1170. The van der Waals surface area contributed by atoms with Gasteiger partial charge in [0.2, 0.25) is 11.8 Å². The molecule has 2 amide bonds. The van der Waals surface area contributed by atoms with Crippen LogP contribution in [0.15, 0.2) is 36.4 Å². The lowest BCUT2D eigenvalue weighted by atomic mass is 9.82. The summed E-state index contributed by atoms with van der Waals surface area (Å²) in [6.07, 6.45) is 12.2. The number of amides is 2. The van der Waals surface area contributed by atoms with Gasteiger partial charge in [-0.05, 0) is 91.5 Å². The molecular weight excluding hydrogens is 645 g/mol. The van der Waals surface area contributed by atoms with Crippen molar-refractivity contribution in [1.29, 1.82) is 0 Å². The molecule has 2 atom stereocenters. The summed E-state index contributed by atoms with van der Waals surface area (Å²) < 4.78 is 0. The van der Waals surface area contributed by atoms with Gasteiger partial charge in [0.1, 0.15) is 0 Å². The van der Waals surface area contributed by atoms with Gasteiger partial charge in [0, 0.05) is 59.4 Å². The number of aryl methyl sites for hydroxylation is 1. The molecule has 2 aromatic carbocycles. The minimum atomic E-state index is -0.334. The van der Waals surface area contributed by atoms with Crippen molar-refractivity contribution < 1.29 is 14.7 Å². The third-order valence-electron chi connectivity index (χ3n) is 8.35. The minimum Gasteiger partial charge on any atom is -0.398 e. The number of nitrogens with two attached hydrogens (primary N) is 1. The number of thiol groups is 1. The maximum Gasteiger partial charge on any atom is 0.216 e. The normalized spacial score (nSPS) is 16.7. The highest BCUT2D eigenvalue weighted by Gasteiger charge is 2.27. The lowest BCUT2D eigenvalue weighted by Crippen LogP contribution is -2.23. The van der Waals surface area contributed by atoms with Crippen molar-refractivity contribution in [1.82, 2.24) is 10.6 Å². The van der Waals surface area contributed by atoms with Gasteiger partial charge in [0.15, 0.2) is 0 Å². The van der Waals surface area contributed by atoms with E-state index in [9.17, 15) is 14.7 Å². The summed E-state index contributed by atoms with van der Waals surface area (Å²) in [6.45, 7) is 6.45. The first-order valence-electron chi connectivity index (χ1n) is 16.2. The van der Waals surface area contributed by atoms with Crippen LogP contribution in [0.3, 0.4) is 0 Å². The number of nitrogen functional groups attached to an aromatic ring is 1. The van der Waals surface area contributed by atoms with Crippen molar-refractivity contribution in [2.24, 2.45) is 11.8 Å². The standard InChI is InChI=1S/C17H25ClN2OS.C14H19ClO.C4H9NOS/c1-12(21)20-9-10-22-17(13-5-3-2-4-6-13)15-11-14(18)7-8-16(15)19;1-10-7-8-12(15)9-13(10)14(16)11-5-3-2-4-6-11;1-4(6)5-2-3-7/h7-8,11,13,17H,2-6,9-10,19H2,1H3,(H,20,21);7-9,11,14,16H,2-6H2,1H3;7H,2-3H2,1H3,(H,5,6). The fourth-order valence-corrected chi connectivity index (χ4v) is 7.86. The van der Waals surface area contributed by atoms with Crippen LogP contribution in [-0.4, -0.2) is 41.5 Å². The molecule has 0 spiro atoms. The topological polar surface area (TPSA) is 104 Å². The van der Waals surface area contributed by atoms with Gasteiger partial charge in [-0.15, -0.1) is 0 Å². The van der Waals surface area contributed by atoms with E-state index in [2.05, 4.69) is 23.3 Å². The molecule has 0 aliphatic heterocycles. The second kappa shape index (κ2) is 22.1. The van der Waals surface area contributed by atoms with Gasteiger partial charge < -0.3 is 21.5 Å². The summed E-state index contributed by atoms with van der Waals surface area (Å²) >= 11 is 17.9. The van der Waals surface area contributed by atoms with Gasteiger partial charge >= 0.3 is 0 Å². The zero-order valence-corrected chi connectivity index (χ0v) is 30.3. The maximum absolute atomic E-state index is 11.0. The van der Waals surface area contributed by atoms with Gasteiger partial charge in [-0.25, -0.2) is 0 Å². The highest BCUT2D eigenvalue weighted by Crippen LogP contribution is 2.45. The van der Waals surface area contributed by atoms with Crippen LogP contribution in [0.4, 0.5) is 5.69 Å². The van der Waals surface area contributed by atoms with E-state index >= 15 is 0 Å². The summed E-state index contributed by atoms with van der Waals surface area (Å²) in [5.41, 5.74) is 10.3. The van der Waals surface area contributed by atoms with Crippen LogP contribution in [0, 0.1) is 18.8 Å². The molecule has 252 valence electrons. The molecule has 0 saturated heterocycles. The first kappa shape index (κ1) is 39.6. The van der Waals surface area contributed by atoms with Crippen LogP contribution in [0.25, 0.3) is 0 Å². The molecule has 0 aromatic heterocycles. The Labute approximate surface area is 290 Å². The highest BCUT2D eigenvalue weighted by atomic mass is 35.5. The number of hydrogen-bond acceptors (Lipinski definition) is 6. The van der Waals surface area contributed by atoms with Crippen LogP contribution >= 0.6 is 47.6 Å². The summed E-state index contributed by atoms with van der Waals surface area (Å²) in [5.74, 6) is 2.71. The number of rotatable bonds is 10. The number of nitrogens with one attached hydrogen (secondary N) is 2. The van der Waals surface area contributed by atoms with E-state index in [1.807, 2.05) is 55.1 Å². The van der Waals surface area contributed by atoms with E-state index in [0.29, 0.717) is 35.9 Å². The van der Waals surface area contributed by atoms with Crippen molar-refractivity contribution in [2.45, 2.75) is 96.3 Å². The predicted molar refractivity (Wildman–Crippen MR) is 197 cm³/mol. The molecule has 0 heterocycles. The van der Waals surface area contributed by atoms with Crippen LogP contribution in [0.2, 0.25) is 10.0 Å². The molecule has 2 fully saturated rings. The summed E-state index contributed by atoms with van der Waals surface area (Å²) in [4.78, 5) is 21.1. The van der Waals surface area contributed by atoms with E-state index in [4.69, 9.17) is 28.9 Å². The molecule has 2 unspecified atom stereocenters. The molecule has 2 aromatic rings. The van der Waals surface area contributed by atoms with Crippen LogP contribution in [-0.2, 0) is 9.59 Å². The monoisotopic (exact) mass is 697 g/mol. The second-order valence-electron chi connectivity index (χ2n) is 12.0. The van der Waals surface area contributed by atoms with Crippen LogP contribution in [0.5, 0.6) is 0 Å². The Morgan fingerprint density at radius 2 is 1.38 bits per heavy atom. The second-order valence-corrected chi connectivity index (χ2v) is 14.6. The van der Waals surface area contributed by atoms with Crippen molar-refractivity contribution in [2.75, 3.05) is 30.3 Å². The number of thioether (sulfide) groups is 1. The number of anilines is 1. The average Bonchev–Trinajstić information content (AvgIpc) is 3.03.